The zero-order chi connectivity index (χ0) is 7.07. The van der Waals surface area contributed by atoms with Gasteiger partial charge >= 0.3 is 0 Å². The second kappa shape index (κ2) is 14.8. The molecule has 2 aliphatic rings. The second-order valence-electron chi connectivity index (χ2n) is 2.18. The normalized spacial score (nSPS) is 13.5. The van der Waals surface area contributed by atoms with E-state index in [1.807, 2.05) is 0 Å². The Kier molecular flexibility index (Phi) is 21.5. The van der Waals surface area contributed by atoms with Gasteiger partial charge in [-0.05, 0) is 12.8 Å². The van der Waals surface area contributed by atoms with Crippen molar-refractivity contribution in [2.24, 2.45) is 0 Å². The third kappa shape index (κ3) is 12.3. The molecule has 0 N–H and O–H groups in total. The predicted molar refractivity (Wildman–Crippen MR) is 60.3 cm³/mol. The van der Waals surface area contributed by atoms with Crippen LogP contribution in [-0.4, -0.2) is 0 Å². The maximum Gasteiger partial charge on any atom is 0 e. The van der Waals surface area contributed by atoms with E-state index in [0.717, 1.165) is 12.8 Å². The van der Waals surface area contributed by atoms with E-state index in [2.05, 4.69) is 48.6 Å². The van der Waals surface area contributed by atoms with Gasteiger partial charge in [0.05, 0.1) is 0 Å². The van der Waals surface area contributed by atoms with Gasteiger partial charge in [0.2, 0.25) is 0 Å². The van der Waals surface area contributed by atoms with Crippen molar-refractivity contribution in [1.82, 2.24) is 0 Å². The van der Waals surface area contributed by atoms with Crippen molar-refractivity contribution in [2.45, 2.75) is 12.8 Å². The molecule has 0 aliphatic heterocycles. The molecule has 0 atom stereocenters. The summed E-state index contributed by atoms with van der Waals surface area (Å²) >= 11 is 0. The van der Waals surface area contributed by atoms with Gasteiger partial charge in [0.1, 0.15) is 0 Å². The summed E-state index contributed by atoms with van der Waals surface area (Å²) in [5, 5.41) is 0. The molecule has 0 saturated carbocycles. The van der Waals surface area contributed by atoms with Gasteiger partial charge in [-0.25, -0.2) is 0 Å². The monoisotopic (exact) mass is 252 g/mol. The van der Waals surface area contributed by atoms with Gasteiger partial charge in [-0.3, -0.25) is 0 Å². The van der Waals surface area contributed by atoms with Crippen LogP contribution in [0.4, 0.5) is 0 Å². The van der Waals surface area contributed by atoms with Crippen molar-refractivity contribution >= 4 is 24.8 Å². The molecule has 0 bridgehead atoms. The molecule has 0 aromatic heterocycles. The molecule has 0 radical (unpaired) electrons. The van der Waals surface area contributed by atoms with Gasteiger partial charge in [0.15, 0.2) is 0 Å². The summed E-state index contributed by atoms with van der Waals surface area (Å²) in [6.45, 7) is 0. The van der Waals surface area contributed by atoms with Crippen LogP contribution in [0, 0.1) is 0 Å². The molecule has 0 unspecified atom stereocenters. The summed E-state index contributed by atoms with van der Waals surface area (Å²) in [6, 6.07) is 0. The molecule has 72 valence electrons. The number of hydrogen-bond donors (Lipinski definition) is 0. The topological polar surface area (TPSA) is 0 Å². The number of hydrogen-bond acceptors (Lipinski definition) is 0. The molecule has 0 spiro atoms. The summed E-state index contributed by atoms with van der Waals surface area (Å²) in [5.41, 5.74) is 0. The molecule has 3 heteroatoms. The first-order valence-electron chi connectivity index (χ1n) is 3.63. The van der Waals surface area contributed by atoms with Crippen molar-refractivity contribution in [3.8, 4) is 0 Å². The van der Waals surface area contributed by atoms with E-state index in [4.69, 9.17) is 0 Å². The summed E-state index contributed by atoms with van der Waals surface area (Å²) in [4.78, 5) is 0. The van der Waals surface area contributed by atoms with E-state index in [9.17, 15) is 0 Å². The van der Waals surface area contributed by atoms with E-state index in [1.54, 1.807) is 0 Å². The summed E-state index contributed by atoms with van der Waals surface area (Å²) in [7, 11) is 0. The Hall–Kier alpha value is 0.254. The zero-order valence-electron chi connectivity index (χ0n) is 7.35. The van der Waals surface area contributed by atoms with Crippen molar-refractivity contribution in [3.63, 3.8) is 0 Å². The third-order valence-electron chi connectivity index (χ3n) is 1.31. The summed E-state index contributed by atoms with van der Waals surface area (Å²) < 4.78 is 0. The third-order valence-corrected chi connectivity index (χ3v) is 1.31. The molecular weight excluding hydrogens is 239 g/mol. The fraction of sp³-hybridized carbons (Fsp3) is 0.200. The van der Waals surface area contributed by atoms with Crippen LogP contribution in [-0.2, 0) is 21.7 Å². The van der Waals surface area contributed by atoms with Crippen LogP contribution >= 0.6 is 24.8 Å². The van der Waals surface area contributed by atoms with Gasteiger partial charge in [0.25, 0.3) is 0 Å². The van der Waals surface area contributed by atoms with Crippen molar-refractivity contribution in [2.75, 3.05) is 0 Å². The molecular formula is C10H14Cl2Ti. The van der Waals surface area contributed by atoms with Gasteiger partial charge in [0, 0.05) is 21.7 Å². The van der Waals surface area contributed by atoms with E-state index in [1.165, 1.54) is 0 Å². The molecule has 0 aromatic carbocycles. The van der Waals surface area contributed by atoms with Crippen molar-refractivity contribution < 1.29 is 21.7 Å². The molecule has 2 aliphatic carbocycles. The maximum absolute atomic E-state index is 2.12. The first-order valence-corrected chi connectivity index (χ1v) is 3.63. The fourth-order valence-electron chi connectivity index (χ4n) is 0.786. The Bertz CT molecular complexity index is 151. The van der Waals surface area contributed by atoms with Crippen LogP contribution in [0.5, 0.6) is 0 Å². The Morgan fingerprint density at radius 3 is 0.846 bits per heavy atom. The molecule has 2 rings (SSSR count). The van der Waals surface area contributed by atoms with Gasteiger partial charge in [-0.1, -0.05) is 48.6 Å². The molecule has 0 fully saturated rings. The van der Waals surface area contributed by atoms with Crippen LogP contribution in [0.25, 0.3) is 0 Å². The fourth-order valence-corrected chi connectivity index (χ4v) is 0.786. The van der Waals surface area contributed by atoms with Crippen molar-refractivity contribution in [3.05, 3.63) is 48.6 Å². The minimum atomic E-state index is 0. The number of rotatable bonds is 0. The standard InChI is InChI=1S/2C5H6.2ClH.Ti/c2*1-2-4-5-3-1;;;/h2*1-4H,5H2;2*1H;. The van der Waals surface area contributed by atoms with Crippen LogP contribution in [0.1, 0.15) is 12.8 Å². The molecule has 0 amide bonds. The Morgan fingerprint density at radius 2 is 0.769 bits per heavy atom. The van der Waals surface area contributed by atoms with Crippen LogP contribution in [0.3, 0.4) is 0 Å². The van der Waals surface area contributed by atoms with Crippen LogP contribution in [0.2, 0.25) is 0 Å². The van der Waals surface area contributed by atoms with Gasteiger partial charge in [-0.2, -0.15) is 0 Å². The Morgan fingerprint density at radius 1 is 0.538 bits per heavy atom. The van der Waals surface area contributed by atoms with Crippen LogP contribution in [0.15, 0.2) is 48.6 Å². The zero-order valence-corrected chi connectivity index (χ0v) is 10.5. The average molecular weight is 253 g/mol. The van der Waals surface area contributed by atoms with Gasteiger partial charge in [-0.15, -0.1) is 24.8 Å². The molecule has 13 heavy (non-hydrogen) atoms. The van der Waals surface area contributed by atoms with E-state index in [-0.39, 0.29) is 46.5 Å². The largest absolute Gasteiger partial charge is 0.147 e. The smallest absolute Gasteiger partial charge is 0 e. The van der Waals surface area contributed by atoms with Crippen molar-refractivity contribution in [1.29, 1.82) is 0 Å². The number of allylic oxidation sites excluding steroid dienone is 8. The van der Waals surface area contributed by atoms with E-state index in [0.29, 0.717) is 0 Å². The first kappa shape index (κ1) is 18.9. The number of halogens is 2. The predicted octanol–water partition coefficient (Wildman–Crippen LogP) is 3.85. The average Bonchev–Trinajstić information content (AvgIpc) is 2.67. The SMILES string of the molecule is C1=CCC=C1.C1=CCC=C1.Cl.Cl.[Ti]. The Balaban J connectivity index is -0.000000125. The molecule has 0 saturated heterocycles. The summed E-state index contributed by atoms with van der Waals surface area (Å²) in [5.74, 6) is 0. The summed E-state index contributed by atoms with van der Waals surface area (Å²) in [6.07, 6.45) is 19.0. The molecule has 0 nitrogen and oxygen atoms in total. The van der Waals surface area contributed by atoms with E-state index >= 15 is 0 Å². The Labute approximate surface area is 108 Å². The molecule has 0 aromatic rings. The van der Waals surface area contributed by atoms with Crippen LogP contribution < -0.4 is 0 Å². The first-order chi connectivity index (χ1) is 5.00. The minimum Gasteiger partial charge on any atom is -0.147 e. The van der Waals surface area contributed by atoms with Gasteiger partial charge < -0.3 is 0 Å². The van der Waals surface area contributed by atoms with E-state index < -0.39 is 0 Å². The quantitative estimate of drug-likeness (QED) is 0.575. The maximum atomic E-state index is 2.12. The molecule has 0 heterocycles. The second-order valence-corrected chi connectivity index (χ2v) is 2.18. The minimum absolute atomic E-state index is 0.